The van der Waals surface area contributed by atoms with Crippen molar-refractivity contribution in [3.05, 3.63) is 46.9 Å². The maximum Gasteiger partial charge on any atom is 0.420 e. The molecule has 0 spiro atoms. The van der Waals surface area contributed by atoms with E-state index in [1.54, 1.807) is 24.3 Å². The number of halogens is 1. The molecule has 1 heterocycles. The molecule has 0 atom stereocenters. The van der Waals surface area contributed by atoms with Crippen LogP contribution < -0.4 is 4.74 Å². The number of sulfonamides is 1. The molecule has 0 saturated heterocycles. The van der Waals surface area contributed by atoms with Crippen molar-refractivity contribution in [2.75, 3.05) is 7.05 Å². The van der Waals surface area contributed by atoms with Gasteiger partial charge in [-0.25, -0.2) is 22.5 Å². The van der Waals surface area contributed by atoms with Gasteiger partial charge in [-0.05, 0) is 30.5 Å². The molecule has 1 aliphatic carbocycles. The zero-order valence-electron chi connectivity index (χ0n) is 13.8. The predicted octanol–water partition coefficient (Wildman–Crippen LogP) is 3.24. The molecule has 3 rings (SSSR count). The van der Waals surface area contributed by atoms with Crippen LogP contribution >= 0.6 is 11.6 Å². The fourth-order valence-electron chi connectivity index (χ4n) is 2.19. The molecule has 1 aromatic carbocycles. The average molecular weight is 398 g/mol. The molecule has 1 saturated carbocycles. The monoisotopic (exact) mass is 397 g/mol. The Balaban J connectivity index is 1.71. The number of nitrogens with zero attached hydrogens (tertiary/aromatic N) is 3. The predicted molar refractivity (Wildman–Crippen MR) is 93.9 cm³/mol. The Morgan fingerprint density at radius 1 is 1.31 bits per heavy atom. The van der Waals surface area contributed by atoms with Crippen molar-refractivity contribution in [2.45, 2.75) is 24.5 Å². The third kappa shape index (κ3) is 4.41. The van der Waals surface area contributed by atoms with Gasteiger partial charge in [0.25, 0.3) is 0 Å². The van der Waals surface area contributed by atoms with Gasteiger partial charge in [0.1, 0.15) is 16.7 Å². The molecule has 138 valence electrons. The third-order valence-corrected chi connectivity index (χ3v) is 5.70. The Morgan fingerprint density at radius 3 is 2.54 bits per heavy atom. The van der Waals surface area contributed by atoms with Gasteiger partial charge in [-0.2, -0.15) is 4.98 Å². The van der Waals surface area contributed by atoms with E-state index in [0.29, 0.717) is 38.4 Å². The van der Waals surface area contributed by atoms with Crippen molar-refractivity contribution in [3.63, 3.8) is 0 Å². The van der Waals surface area contributed by atoms with E-state index in [4.69, 9.17) is 21.4 Å². The number of carboxylic acid groups (broad SMARTS) is 1. The lowest BCUT2D eigenvalue weighted by Gasteiger charge is -2.13. The van der Waals surface area contributed by atoms with Crippen molar-refractivity contribution in [3.8, 4) is 11.6 Å². The number of carbonyl (C=O) groups is 1. The summed E-state index contributed by atoms with van der Waals surface area (Å²) >= 11 is 5.99. The molecule has 1 aromatic heterocycles. The average Bonchev–Trinajstić information content (AvgIpc) is 3.40. The molecule has 0 unspecified atom stereocenters. The Morgan fingerprint density at radius 2 is 1.96 bits per heavy atom. The SMILES string of the molecule is CN(C(=O)O)S(=O)(=O)Cc1ccc(Oc2cc(Cl)nc(C3CC3)n2)cc1. The molecule has 1 aliphatic rings. The van der Waals surface area contributed by atoms with E-state index in [1.165, 1.54) is 6.07 Å². The quantitative estimate of drug-likeness (QED) is 0.745. The van der Waals surface area contributed by atoms with Crippen LogP contribution in [0.3, 0.4) is 0 Å². The van der Waals surface area contributed by atoms with Crippen LogP contribution in [-0.4, -0.2) is 40.9 Å². The Labute approximate surface area is 155 Å². The van der Waals surface area contributed by atoms with Gasteiger partial charge in [-0.3, -0.25) is 0 Å². The lowest BCUT2D eigenvalue weighted by atomic mass is 10.2. The van der Waals surface area contributed by atoms with Crippen LogP contribution in [0.1, 0.15) is 30.1 Å². The molecule has 1 N–H and O–H groups in total. The summed E-state index contributed by atoms with van der Waals surface area (Å²) in [5, 5.41) is 9.10. The van der Waals surface area contributed by atoms with E-state index < -0.39 is 21.9 Å². The van der Waals surface area contributed by atoms with Gasteiger partial charge in [0.05, 0.1) is 5.75 Å². The molecule has 26 heavy (non-hydrogen) atoms. The van der Waals surface area contributed by atoms with Crippen molar-refractivity contribution in [1.82, 2.24) is 14.3 Å². The van der Waals surface area contributed by atoms with Crippen molar-refractivity contribution >= 4 is 27.7 Å². The third-order valence-electron chi connectivity index (χ3n) is 3.81. The van der Waals surface area contributed by atoms with E-state index in [-0.39, 0.29) is 0 Å². The second-order valence-corrected chi connectivity index (χ2v) is 8.30. The highest BCUT2D eigenvalue weighted by Gasteiger charge is 2.27. The van der Waals surface area contributed by atoms with E-state index in [9.17, 15) is 13.2 Å². The summed E-state index contributed by atoms with van der Waals surface area (Å²) in [6.07, 6.45) is 0.540. The molecular formula is C16H16ClN3O5S. The summed E-state index contributed by atoms with van der Waals surface area (Å²) in [6.45, 7) is 0. The van der Waals surface area contributed by atoms with Crippen molar-refractivity contribution in [1.29, 1.82) is 0 Å². The van der Waals surface area contributed by atoms with Crippen LogP contribution in [0.4, 0.5) is 4.79 Å². The molecule has 1 amide bonds. The maximum absolute atomic E-state index is 11.9. The number of ether oxygens (including phenoxy) is 1. The summed E-state index contributed by atoms with van der Waals surface area (Å²) < 4.78 is 29.8. The fraction of sp³-hybridized carbons (Fsp3) is 0.312. The highest BCUT2D eigenvalue weighted by atomic mass is 35.5. The molecule has 2 aromatic rings. The van der Waals surface area contributed by atoms with Gasteiger partial charge in [-0.15, -0.1) is 0 Å². The van der Waals surface area contributed by atoms with Gasteiger partial charge in [0.15, 0.2) is 0 Å². The van der Waals surface area contributed by atoms with E-state index in [0.717, 1.165) is 19.9 Å². The minimum atomic E-state index is -3.94. The number of hydrogen-bond donors (Lipinski definition) is 1. The van der Waals surface area contributed by atoms with Gasteiger partial charge in [0, 0.05) is 19.0 Å². The number of aromatic nitrogens is 2. The normalized spacial score (nSPS) is 14.1. The highest BCUT2D eigenvalue weighted by Crippen LogP contribution is 2.39. The first-order valence-electron chi connectivity index (χ1n) is 7.75. The largest absolute Gasteiger partial charge is 0.464 e. The smallest absolute Gasteiger partial charge is 0.420 e. The maximum atomic E-state index is 11.9. The van der Waals surface area contributed by atoms with E-state index in [1.807, 2.05) is 0 Å². The number of hydrogen-bond acceptors (Lipinski definition) is 6. The second-order valence-electron chi connectivity index (χ2n) is 5.91. The van der Waals surface area contributed by atoms with Crippen LogP contribution in [0, 0.1) is 0 Å². The summed E-state index contributed by atoms with van der Waals surface area (Å²) in [5.41, 5.74) is 0.435. The van der Waals surface area contributed by atoms with Crippen LogP contribution in [0.25, 0.3) is 0 Å². The number of rotatable bonds is 6. The zero-order chi connectivity index (χ0) is 18.9. The Kier molecular flexibility index (Phi) is 5.01. The number of benzene rings is 1. The minimum Gasteiger partial charge on any atom is -0.464 e. The van der Waals surface area contributed by atoms with Gasteiger partial charge in [-0.1, -0.05) is 23.7 Å². The molecule has 10 heteroatoms. The zero-order valence-corrected chi connectivity index (χ0v) is 15.4. The fourth-order valence-corrected chi connectivity index (χ4v) is 3.42. The first kappa shape index (κ1) is 18.4. The molecule has 0 bridgehead atoms. The van der Waals surface area contributed by atoms with Crippen LogP contribution in [-0.2, 0) is 15.8 Å². The van der Waals surface area contributed by atoms with Crippen LogP contribution in [0.5, 0.6) is 11.6 Å². The van der Waals surface area contributed by atoms with Gasteiger partial charge in [0.2, 0.25) is 15.9 Å². The summed E-state index contributed by atoms with van der Waals surface area (Å²) in [7, 11) is -2.95. The molecule has 8 nitrogen and oxygen atoms in total. The second kappa shape index (κ2) is 7.08. The summed E-state index contributed by atoms with van der Waals surface area (Å²) in [5.74, 6) is 1.33. The Hall–Kier alpha value is -2.39. The van der Waals surface area contributed by atoms with E-state index >= 15 is 0 Å². The summed E-state index contributed by atoms with van der Waals surface area (Å²) in [4.78, 5) is 19.3. The van der Waals surface area contributed by atoms with Crippen molar-refractivity contribution < 1.29 is 23.1 Å². The first-order valence-corrected chi connectivity index (χ1v) is 9.74. The van der Waals surface area contributed by atoms with Crippen LogP contribution in [0.2, 0.25) is 5.15 Å². The Bertz CT molecular complexity index is 929. The lowest BCUT2D eigenvalue weighted by Crippen LogP contribution is -2.32. The van der Waals surface area contributed by atoms with Crippen molar-refractivity contribution in [2.24, 2.45) is 0 Å². The minimum absolute atomic E-state index is 0.291. The molecule has 0 radical (unpaired) electrons. The lowest BCUT2D eigenvalue weighted by molar-refractivity contribution is 0.178. The first-order chi connectivity index (χ1) is 12.2. The molecule has 1 fully saturated rings. The summed E-state index contributed by atoms with van der Waals surface area (Å²) in [6, 6.07) is 7.77. The molecule has 0 aliphatic heterocycles. The standard InChI is InChI=1S/C16H16ClN3O5S/c1-20(16(21)22)26(23,24)9-10-2-6-12(7-3-10)25-14-8-13(17)18-15(19-14)11-4-5-11/h2-3,6-8,11H,4-5,9H2,1H3,(H,21,22). The molecular weight excluding hydrogens is 382 g/mol. The van der Waals surface area contributed by atoms with Crippen LogP contribution in [0.15, 0.2) is 30.3 Å². The van der Waals surface area contributed by atoms with E-state index in [2.05, 4.69) is 9.97 Å². The highest BCUT2D eigenvalue weighted by molar-refractivity contribution is 7.88. The topological polar surface area (TPSA) is 110 Å². The number of amides is 1. The van der Waals surface area contributed by atoms with Gasteiger partial charge < -0.3 is 9.84 Å². The van der Waals surface area contributed by atoms with Gasteiger partial charge >= 0.3 is 6.09 Å².